The monoisotopic (exact) mass is 536 g/mol. The molecule has 0 saturated heterocycles. The molecule has 8 aromatic rings. The van der Waals surface area contributed by atoms with Gasteiger partial charge in [0.05, 0.1) is 17.2 Å². The van der Waals surface area contributed by atoms with Crippen LogP contribution >= 0.6 is 0 Å². The van der Waals surface area contributed by atoms with Crippen LogP contribution in [-0.2, 0) is 0 Å². The Morgan fingerprint density at radius 3 is 1.38 bits per heavy atom. The highest BCUT2D eigenvalue weighted by atomic mass is 16.3. The highest BCUT2D eigenvalue weighted by Crippen LogP contribution is 2.40. The first-order valence-corrected chi connectivity index (χ1v) is 13.6. The summed E-state index contributed by atoms with van der Waals surface area (Å²) in [5.41, 5.74) is 9.65. The van der Waals surface area contributed by atoms with Crippen molar-refractivity contribution in [3.8, 4) is 45.5 Å². The number of nitrogens with zero attached hydrogens (tertiary/aromatic N) is 2. The van der Waals surface area contributed by atoms with Crippen LogP contribution in [0.3, 0.4) is 0 Å². The van der Waals surface area contributed by atoms with Gasteiger partial charge in [0.2, 0.25) is 0 Å². The Bertz CT molecular complexity index is 2290. The fourth-order valence-electron chi connectivity index (χ4n) is 5.91. The minimum atomic E-state index is 0.568. The Morgan fingerprint density at radius 2 is 0.881 bits per heavy atom. The van der Waals surface area contributed by atoms with E-state index in [1.807, 2.05) is 84.9 Å². The van der Waals surface area contributed by atoms with Crippen molar-refractivity contribution >= 4 is 43.9 Å². The molecule has 42 heavy (non-hydrogen) atoms. The molecular formula is C38H20N2O2. The molecule has 0 fully saturated rings. The number of furan rings is 2. The van der Waals surface area contributed by atoms with E-state index in [1.165, 1.54) is 0 Å². The van der Waals surface area contributed by atoms with E-state index < -0.39 is 0 Å². The summed E-state index contributed by atoms with van der Waals surface area (Å²) >= 11 is 0. The molecule has 0 atom stereocenters. The second-order valence-corrected chi connectivity index (χ2v) is 10.4. The number of nitriles is 2. The summed E-state index contributed by atoms with van der Waals surface area (Å²) in [5, 5.41) is 24.1. The Labute approximate surface area is 240 Å². The maximum atomic E-state index is 10.6. The lowest BCUT2D eigenvalue weighted by molar-refractivity contribution is 0.668. The number of para-hydroxylation sites is 2. The second kappa shape index (κ2) is 9.24. The standard InChI is InChI=1S/C38H20N2O2/c39-21-23-9-11-24(12-10-23)27-17-32(25-13-15-30-28-5-1-3-7-35(28)41-37(30)19-25)34(22-40)33(18-27)26-14-16-31-29-6-2-4-8-36(29)42-38(31)20-26/h1-20H. The fraction of sp³-hybridized carbons (Fsp3) is 0. The van der Waals surface area contributed by atoms with E-state index in [-0.39, 0.29) is 0 Å². The molecule has 2 aromatic heterocycles. The summed E-state index contributed by atoms with van der Waals surface area (Å²) in [6, 6.07) is 44.5. The third-order valence-electron chi connectivity index (χ3n) is 7.98. The zero-order chi connectivity index (χ0) is 28.2. The molecule has 6 aromatic carbocycles. The molecule has 4 heteroatoms. The average Bonchev–Trinajstić information content (AvgIpc) is 3.61. The van der Waals surface area contributed by atoms with Crippen molar-refractivity contribution in [2.24, 2.45) is 0 Å². The van der Waals surface area contributed by atoms with Crippen LogP contribution < -0.4 is 0 Å². The molecule has 0 unspecified atom stereocenters. The first-order chi connectivity index (χ1) is 20.7. The Hall–Kier alpha value is -6.10. The molecule has 8 rings (SSSR count). The average molecular weight is 537 g/mol. The van der Waals surface area contributed by atoms with Gasteiger partial charge in [0.25, 0.3) is 0 Å². The van der Waals surface area contributed by atoms with Gasteiger partial charge in [-0.05, 0) is 82.9 Å². The maximum absolute atomic E-state index is 10.6. The lowest BCUT2D eigenvalue weighted by Gasteiger charge is -2.14. The molecule has 0 aliphatic rings. The Kier molecular flexibility index (Phi) is 5.22. The fourth-order valence-corrected chi connectivity index (χ4v) is 5.91. The van der Waals surface area contributed by atoms with E-state index in [0.717, 1.165) is 77.3 Å². The summed E-state index contributed by atoms with van der Waals surface area (Å²) in [6.45, 7) is 0. The summed E-state index contributed by atoms with van der Waals surface area (Å²) in [5.74, 6) is 0. The van der Waals surface area contributed by atoms with Crippen molar-refractivity contribution in [2.45, 2.75) is 0 Å². The van der Waals surface area contributed by atoms with Crippen LogP contribution in [0.25, 0.3) is 77.3 Å². The van der Waals surface area contributed by atoms with Crippen molar-refractivity contribution in [3.63, 3.8) is 0 Å². The summed E-state index contributed by atoms with van der Waals surface area (Å²) < 4.78 is 12.4. The van der Waals surface area contributed by atoms with Crippen molar-refractivity contribution < 1.29 is 8.83 Å². The van der Waals surface area contributed by atoms with Crippen LogP contribution in [0.5, 0.6) is 0 Å². The van der Waals surface area contributed by atoms with E-state index >= 15 is 0 Å². The van der Waals surface area contributed by atoms with E-state index in [0.29, 0.717) is 11.1 Å². The van der Waals surface area contributed by atoms with Gasteiger partial charge in [0.15, 0.2) is 0 Å². The number of benzene rings is 6. The van der Waals surface area contributed by atoms with Crippen molar-refractivity contribution in [1.82, 2.24) is 0 Å². The first kappa shape index (κ1) is 23.8. The van der Waals surface area contributed by atoms with Gasteiger partial charge in [-0.3, -0.25) is 0 Å². The van der Waals surface area contributed by atoms with Gasteiger partial charge in [-0.25, -0.2) is 0 Å². The third-order valence-corrected chi connectivity index (χ3v) is 7.98. The number of hydrogen-bond acceptors (Lipinski definition) is 4. The molecule has 194 valence electrons. The summed E-state index contributed by atoms with van der Waals surface area (Å²) in [7, 11) is 0. The molecule has 0 amide bonds. The summed E-state index contributed by atoms with van der Waals surface area (Å²) in [4.78, 5) is 0. The van der Waals surface area contributed by atoms with Crippen LogP contribution in [-0.4, -0.2) is 0 Å². The molecule has 0 aliphatic heterocycles. The lowest BCUT2D eigenvalue weighted by atomic mass is 9.88. The van der Waals surface area contributed by atoms with Crippen LogP contribution in [0, 0.1) is 22.7 Å². The van der Waals surface area contributed by atoms with Crippen LogP contribution in [0.15, 0.2) is 130 Å². The quantitative estimate of drug-likeness (QED) is 0.225. The van der Waals surface area contributed by atoms with Gasteiger partial charge in [-0.2, -0.15) is 10.5 Å². The molecule has 0 saturated carbocycles. The van der Waals surface area contributed by atoms with E-state index in [4.69, 9.17) is 8.83 Å². The van der Waals surface area contributed by atoms with Crippen molar-refractivity contribution in [2.75, 3.05) is 0 Å². The molecule has 0 bridgehead atoms. The lowest BCUT2D eigenvalue weighted by Crippen LogP contribution is -1.93. The number of hydrogen-bond donors (Lipinski definition) is 0. The number of fused-ring (bicyclic) bond motifs is 6. The van der Waals surface area contributed by atoms with Gasteiger partial charge in [0.1, 0.15) is 28.4 Å². The maximum Gasteiger partial charge on any atom is 0.136 e. The van der Waals surface area contributed by atoms with Gasteiger partial charge in [-0.1, -0.05) is 60.7 Å². The Morgan fingerprint density at radius 1 is 0.405 bits per heavy atom. The van der Waals surface area contributed by atoms with Crippen molar-refractivity contribution in [1.29, 1.82) is 10.5 Å². The van der Waals surface area contributed by atoms with Crippen LogP contribution in [0.2, 0.25) is 0 Å². The molecule has 0 aliphatic carbocycles. The molecule has 2 heterocycles. The largest absolute Gasteiger partial charge is 0.456 e. The first-order valence-electron chi connectivity index (χ1n) is 13.6. The molecule has 0 radical (unpaired) electrons. The minimum Gasteiger partial charge on any atom is -0.456 e. The van der Waals surface area contributed by atoms with E-state index in [1.54, 1.807) is 0 Å². The molecule has 0 spiro atoms. The zero-order valence-electron chi connectivity index (χ0n) is 22.3. The minimum absolute atomic E-state index is 0.568. The van der Waals surface area contributed by atoms with Crippen LogP contribution in [0.1, 0.15) is 11.1 Å². The van der Waals surface area contributed by atoms with E-state index in [9.17, 15) is 10.5 Å². The normalized spacial score (nSPS) is 11.3. The zero-order valence-corrected chi connectivity index (χ0v) is 22.3. The predicted molar refractivity (Wildman–Crippen MR) is 167 cm³/mol. The van der Waals surface area contributed by atoms with Gasteiger partial charge in [-0.15, -0.1) is 0 Å². The highest BCUT2D eigenvalue weighted by molar-refractivity contribution is 6.07. The topological polar surface area (TPSA) is 73.9 Å². The smallest absolute Gasteiger partial charge is 0.136 e. The SMILES string of the molecule is N#Cc1ccc(-c2cc(-c3ccc4c(c3)oc3ccccc34)c(C#N)c(-c3ccc4c(c3)oc3ccccc34)c2)cc1. The highest BCUT2D eigenvalue weighted by Gasteiger charge is 2.18. The van der Waals surface area contributed by atoms with Gasteiger partial charge in [0, 0.05) is 32.7 Å². The third kappa shape index (κ3) is 3.68. The molecular weight excluding hydrogens is 516 g/mol. The Balaban J connectivity index is 1.38. The van der Waals surface area contributed by atoms with E-state index in [2.05, 4.69) is 48.5 Å². The second-order valence-electron chi connectivity index (χ2n) is 10.4. The van der Waals surface area contributed by atoms with Gasteiger partial charge >= 0.3 is 0 Å². The van der Waals surface area contributed by atoms with Crippen LogP contribution in [0.4, 0.5) is 0 Å². The number of rotatable bonds is 3. The molecule has 0 N–H and O–H groups in total. The van der Waals surface area contributed by atoms with Gasteiger partial charge < -0.3 is 8.83 Å². The predicted octanol–water partition coefficient (Wildman–Crippen LogP) is 10.2. The molecule has 4 nitrogen and oxygen atoms in total. The van der Waals surface area contributed by atoms with Crippen molar-refractivity contribution in [3.05, 3.63) is 132 Å². The summed E-state index contributed by atoms with van der Waals surface area (Å²) in [6.07, 6.45) is 0.